The molecule has 4 N–H and O–H groups in total. The smallest absolute Gasteiger partial charge is 0.332 e. The second kappa shape index (κ2) is 2.51. The number of cyclic esters (lactones) is 1. The fourth-order valence-electron chi connectivity index (χ4n) is 1.08. The number of hydrogen-bond donors (Lipinski definition) is 2. The number of rotatable bonds is 1. The van der Waals surface area contributed by atoms with Crippen LogP contribution in [0.25, 0.3) is 0 Å². The number of ether oxygens (including phenoxy) is 1. The van der Waals surface area contributed by atoms with Crippen molar-refractivity contribution in [3.63, 3.8) is 0 Å². The van der Waals surface area contributed by atoms with Crippen LogP contribution in [0.1, 0.15) is 6.23 Å². The summed E-state index contributed by atoms with van der Waals surface area (Å²) >= 11 is 0. The highest BCUT2D eigenvalue weighted by molar-refractivity contribution is 5.84. The highest BCUT2D eigenvalue weighted by Gasteiger charge is 2.21. The lowest BCUT2D eigenvalue weighted by molar-refractivity contribution is -0.142. The van der Waals surface area contributed by atoms with Crippen molar-refractivity contribution in [3.05, 3.63) is 18.3 Å². The molecule has 0 aromatic carbocycles. The first kappa shape index (κ1) is 7.66. The molecule has 6 heteroatoms. The Labute approximate surface area is 73.8 Å². The Kier molecular flexibility index (Phi) is 1.48. The van der Waals surface area contributed by atoms with Gasteiger partial charge in [0.15, 0.2) is 0 Å². The summed E-state index contributed by atoms with van der Waals surface area (Å²) in [5.41, 5.74) is 11.4. The molecule has 6 nitrogen and oxygen atoms in total. The Balaban J connectivity index is 2.32. The highest BCUT2D eigenvalue weighted by Crippen LogP contribution is 2.23. The lowest BCUT2D eigenvalue weighted by Gasteiger charge is -2.09. The van der Waals surface area contributed by atoms with E-state index >= 15 is 0 Å². The van der Waals surface area contributed by atoms with Crippen molar-refractivity contribution in [1.29, 1.82) is 0 Å². The van der Waals surface area contributed by atoms with Gasteiger partial charge in [-0.15, -0.1) is 0 Å². The summed E-state index contributed by atoms with van der Waals surface area (Å²) in [5, 5.41) is 3.87. The van der Waals surface area contributed by atoms with Crippen LogP contribution in [0.15, 0.2) is 18.3 Å². The number of anilines is 2. The van der Waals surface area contributed by atoms with E-state index in [0.29, 0.717) is 11.5 Å². The molecule has 2 heterocycles. The Morgan fingerprint density at radius 2 is 2.31 bits per heavy atom. The first-order valence-electron chi connectivity index (χ1n) is 3.66. The van der Waals surface area contributed by atoms with Gasteiger partial charge in [-0.2, -0.15) is 5.10 Å². The lowest BCUT2D eigenvalue weighted by Crippen LogP contribution is -2.13. The van der Waals surface area contributed by atoms with Crippen molar-refractivity contribution in [3.8, 4) is 0 Å². The average molecular weight is 180 g/mol. The van der Waals surface area contributed by atoms with Gasteiger partial charge in [0.05, 0.1) is 11.9 Å². The monoisotopic (exact) mass is 180 g/mol. The molecule has 1 unspecified atom stereocenters. The number of esters is 1. The van der Waals surface area contributed by atoms with E-state index < -0.39 is 12.2 Å². The van der Waals surface area contributed by atoms with E-state index in [1.807, 2.05) is 0 Å². The van der Waals surface area contributed by atoms with E-state index in [2.05, 4.69) is 5.10 Å². The molecule has 0 aliphatic carbocycles. The van der Waals surface area contributed by atoms with Gasteiger partial charge < -0.3 is 16.2 Å². The number of carbonyl (C=O) groups excluding carboxylic acids is 1. The van der Waals surface area contributed by atoms with Crippen LogP contribution in [0.4, 0.5) is 11.5 Å². The van der Waals surface area contributed by atoms with Crippen LogP contribution in [0.2, 0.25) is 0 Å². The number of hydrogen-bond acceptors (Lipinski definition) is 5. The van der Waals surface area contributed by atoms with E-state index in [-0.39, 0.29) is 0 Å². The van der Waals surface area contributed by atoms with E-state index in [1.165, 1.54) is 17.0 Å². The van der Waals surface area contributed by atoms with Gasteiger partial charge in [0.2, 0.25) is 6.23 Å². The third-order valence-electron chi connectivity index (χ3n) is 1.74. The minimum Gasteiger partial charge on any atom is -0.433 e. The van der Waals surface area contributed by atoms with Crippen molar-refractivity contribution in [1.82, 2.24) is 9.78 Å². The van der Waals surface area contributed by atoms with Gasteiger partial charge in [-0.25, -0.2) is 9.48 Å². The standard InChI is InChI=1S/C7H8N4O2/c8-4-3-10-11(7(4)9)5-1-2-6(12)13-5/h1-3,5H,8-9H2. The van der Waals surface area contributed by atoms with Crippen LogP contribution >= 0.6 is 0 Å². The molecular formula is C7H8N4O2. The molecule has 1 aliphatic heterocycles. The van der Waals surface area contributed by atoms with Gasteiger partial charge in [-0.05, 0) is 6.08 Å². The minimum absolute atomic E-state index is 0.296. The SMILES string of the molecule is Nc1cnn(C2C=CC(=O)O2)c1N. The van der Waals surface area contributed by atoms with Gasteiger partial charge in [0.25, 0.3) is 0 Å². The molecule has 0 radical (unpaired) electrons. The quantitative estimate of drug-likeness (QED) is 0.576. The summed E-state index contributed by atoms with van der Waals surface area (Å²) in [6, 6.07) is 0. The van der Waals surface area contributed by atoms with Crippen LogP contribution in [0.3, 0.4) is 0 Å². The average Bonchev–Trinajstić information content (AvgIpc) is 2.62. The number of aromatic nitrogens is 2. The van der Waals surface area contributed by atoms with Crippen molar-refractivity contribution in [2.24, 2.45) is 0 Å². The zero-order valence-electron chi connectivity index (χ0n) is 6.68. The number of carbonyl (C=O) groups is 1. The lowest BCUT2D eigenvalue weighted by atomic mass is 10.5. The molecule has 0 saturated heterocycles. The zero-order valence-corrected chi connectivity index (χ0v) is 6.68. The predicted octanol–water partition coefficient (Wildman–Crippen LogP) is -0.341. The van der Waals surface area contributed by atoms with E-state index in [0.717, 1.165) is 0 Å². The summed E-state index contributed by atoms with van der Waals surface area (Å²) in [6.45, 7) is 0. The van der Waals surface area contributed by atoms with Crippen molar-refractivity contribution < 1.29 is 9.53 Å². The largest absolute Gasteiger partial charge is 0.433 e. The van der Waals surface area contributed by atoms with Crippen LogP contribution in [-0.2, 0) is 9.53 Å². The van der Waals surface area contributed by atoms with Crippen LogP contribution < -0.4 is 11.5 Å². The van der Waals surface area contributed by atoms with Crippen molar-refractivity contribution in [2.45, 2.75) is 6.23 Å². The first-order valence-corrected chi connectivity index (χ1v) is 3.66. The number of nitrogens with zero attached hydrogens (tertiary/aromatic N) is 2. The predicted molar refractivity (Wildman–Crippen MR) is 45.3 cm³/mol. The van der Waals surface area contributed by atoms with Crippen LogP contribution in [-0.4, -0.2) is 15.7 Å². The molecule has 0 fully saturated rings. The second-order valence-electron chi connectivity index (χ2n) is 2.62. The first-order chi connectivity index (χ1) is 6.18. The Hall–Kier alpha value is -1.98. The van der Waals surface area contributed by atoms with Gasteiger partial charge >= 0.3 is 5.97 Å². The topological polar surface area (TPSA) is 96.2 Å². The second-order valence-corrected chi connectivity index (χ2v) is 2.62. The maximum atomic E-state index is 10.7. The van der Waals surface area contributed by atoms with Gasteiger partial charge in [0, 0.05) is 6.08 Å². The minimum atomic E-state index is -0.565. The van der Waals surface area contributed by atoms with Gasteiger partial charge in [0.1, 0.15) is 5.82 Å². The summed E-state index contributed by atoms with van der Waals surface area (Å²) in [5.74, 6) is -0.108. The molecule has 1 aromatic heterocycles. The molecule has 68 valence electrons. The molecule has 1 aromatic rings. The van der Waals surface area contributed by atoms with Crippen molar-refractivity contribution >= 4 is 17.5 Å². The third kappa shape index (κ3) is 1.12. The van der Waals surface area contributed by atoms with E-state index in [9.17, 15) is 4.79 Å². The van der Waals surface area contributed by atoms with Crippen molar-refractivity contribution in [2.75, 3.05) is 11.5 Å². The normalized spacial score (nSPS) is 20.6. The number of nitrogen functional groups attached to an aromatic ring is 2. The number of nitrogens with two attached hydrogens (primary N) is 2. The highest BCUT2D eigenvalue weighted by atomic mass is 16.6. The van der Waals surface area contributed by atoms with Gasteiger partial charge in [-0.1, -0.05) is 0 Å². The molecule has 0 spiro atoms. The fraction of sp³-hybridized carbons (Fsp3) is 0.143. The Bertz CT molecular complexity index is 382. The molecule has 1 atom stereocenters. The molecule has 13 heavy (non-hydrogen) atoms. The molecule has 0 amide bonds. The fourth-order valence-corrected chi connectivity index (χ4v) is 1.08. The Morgan fingerprint density at radius 3 is 2.77 bits per heavy atom. The zero-order chi connectivity index (χ0) is 9.42. The molecular weight excluding hydrogens is 172 g/mol. The summed E-state index contributed by atoms with van der Waals surface area (Å²) in [4.78, 5) is 10.7. The Morgan fingerprint density at radius 1 is 1.54 bits per heavy atom. The molecule has 1 aliphatic rings. The van der Waals surface area contributed by atoms with Crippen LogP contribution in [0, 0.1) is 0 Å². The summed E-state index contributed by atoms with van der Waals surface area (Å²) in [6.07, 6.45) is 3.73. The van der Waals surface area contributed by atoms with E-state index in [4.69, 9.17) is 16.2 Å². The third-order valence-corrected chi connectivity index (χ3v) is 1.74. The molecule has 2 rings (SSSR count). The summed E-state index contributed by atoms with van der Waals surface area (Å²) < 4.78 is 6.20. The van der Waals surface area contributed by atoms with E-state index in [1.54, 1.807) is 6.08 Å². The maximum Gasteiger partial charge on any atom is 0.332 e. The summed E-state index contributed by atoms with van der Waals surface area (Å²) in [7, 11) is 0. The van der Waals surface area contributed by atoms with Crippen LogP contribution in [0.5, 0.6) is 0 Å². The molecule has 0 saturated carbocycles. The maximum absolute atomic E-state index is 10.7. The molecule has 0 bridgehead atoms. The van der Waals surface area contributed by atoms with Gasteiger partial charge in [-0.3, -0.25) is 0 Å².